The zero-order valence-electron chi connectivity index (χ0n) is 14.9. The highest BCUT2D eigenvalue weighted by atomic mass is 32.2. The van der Waals surface area contributed by atoms with Crippen LogP contribution in [0.15, 0.2) is 41.3 Å². The molecule has 0 unspecified atom stereocenters. The first-order valence-electron chi connectivity index (χ1n) is 8.14. The number of carbonyl (C=O) groups excluding carboxylic acids is 1. The maximum Gasteiger partial charge on any atom is 0.248 e. The molecular weight excluding hydrogens is 356 g/mol. The Hall–Kier alpha value is -2.20. The molecule has 0 radical (unpaired) electrons. The smallest absolute Gasteiger partial charge is 0.248 e. The standard InChI is InChI=1S/C17H24N4O4S/c1-21(2)15-8-3-7-14-13(15)6-4-9-16(14)26(23,24)20-11-5-10-19-17(22)12-25-18/h3-4,6-9,20H,5,10-12,18H2,1-2H3,(H,19,22). The van der Waals surface area contributed by atoms with Gasteiger partial charge in [0.1, 0.15) is 6.61 Å². The minimum absolute atomic E-state index is 0.204. The predicted octanol–water partition coefficient (Wildman–Crippen LogP) is 0.581. The van der Waals surface area contributed by atoms with Crippen molar-refractivity contribution in [2.45, 2.75) is 11.3 Å². The van der Waals surface area contributed by atoms with Gasteiger partial charge in [-0.05, 0) is 18.6 Å². The van der Waals surface area contributed by atoms with Crippen LogP contribution in [-0.4, -0.2) is 48.1 Å². The van der Waals surface area contributed by atoms with E-state index >= 15 is 0 Å². The van der Waals surface area contributed by atoms with Crippen molar-refractivity contribution in [2.75, 3.05) is 38.7 Å². The zero-order valence-corrected chi connectivity index (χ0v) is 15.7. The van der Waals surface area contributed by atoms with Crippen molar-refractivity contribution < 1.29 is 18.0 Å². The van der Waals surface area contributed by atoms with Crippen LogP contribution in [0.4, 0.5) is 5.69 Å². The highest BCUT2D eigenvalue weighted by Crippen LogP contribution is 2.29. The summed E-state index contributed by atoms with van der Waals surface area (Å²) in [6, 6.07) is 10.8. The van der Waals surface area contributed by atoms with Crippen LogP contribution >= 0.6 is 0 Å². The summed E-state index contributed by atoms with van der Waals surface area (Å²) >= 11 is 0. The first kappa shape index (κ1) is 20.1. The van der Waals surface area contributed by atoms with Crippen molar-refractivity contribution in [1.29, 1.82) is 0 Å². The molecule has 2 aromatic rings. The molecule has 26 heavy (non-hydrogen) atoms. The van der Waals surface area contributed by atoms with Crippen molar-refractivity contribution >= 4 is 32.4 Å². The molecule has 8 nitrogen and oxygen atoms in total. The molecule has 4 N–H and O–H groups in total. The Bertz CT molecular complexity index is 868. The lowest BCUT2D eigenvalue weighted by Gasteiger charge is -2.17. The Labute approximate surface area is 153 Å². The fraction of sp³-hybridized carbons (Fsp3) is 0.353. The lowest BCUT2D eigenvalue weighted by molar-refractivity contribution is -0.125. The quantitative estimate of drug-likeness (QED) is 0.433. The van der Waals surface area contributed by atoms with Crippen molar-refractivity contribution in [2.24, 2.45) is 5.90 Å². The summed E-state index contributed by atoms with van der Waals surface area (Å²) in [7, 11) is 0.164. The van der Waals surface area contributed by atoms with Crippen LogP contribution in [0, 0.1) is 0 Å². The number of amides is 1. The average molecular weight is 380 g/mol. The van der Waals surface area contributed by atoms with Crippen molar-refractivity contribution in [3.8, 4) is 0 Å². The Morgan fingerprint density at radius 3 is 2.50 bits per heavy atom. The molecule has 0 saturated carbocycles. The maximum absolute atomic E-state index is 12.7. The number of rotatable bonds is 9. The van der Waals surface area contributed by atoms with Gasteiger partial charge in [0.25, 0.3) is 0 Å². The number of hydrogen-bond donors (Lipinski definition) is 3. The summed E-state index contributed by atoms with van der Waals surface area (Å²) in [5, 5.41) is 4.11. The van der Waals surface area contributed by atoms with E-state index in [-0.39, 0.29) is 24.0 Å². The summed E-state index contributed by atoms with van der Waals surface area (Å²) in [5.41, 5.74) is 0.949. The van der Waals surface area contributed by atoms with Crippen LogP contribution in [0.25, 0.3) is 10.8 Å². The number of nitrogens with two attached hydrogens (primary N) is 1. The molecule has 142 valence electrons. The van der Waals surface area contributed by atoms with Gasteiger partial charge < -0.3 is 10.2 Å². The van der Waals surface area contributed by atoms with E-state index in [1.165, 1.54) is 0 Å². The van der Waals surface area contributed by atoms with Gasteiger partial charge in [0.05, 0.1) is 4.90 Å². The Kier molecular flexibility index (Phi) is 6.92. The molecule has 0 spiro atoms. The Balaban J connectivity index is 2.10. The number of benzene rings is 2. The molecule has 0 heterocycles. The number of hydrogen-bond acceptors (Lipinski definition) is 6. The second-order valence-electron chi connectivity index (χ2n) is 5.94. The summed E-state index contributed by atoms with van der Waals surface area (Å²) in [6.07, 6.45) is 0.448. The highest BCUT2D eigenvalue weighted by Gasteiger charge is 2.17. The molecule has 0 aliphatic carbocycles. The van der Waals surface area contributed by atoms with Crippen LogP contribution in [-0.2, 0) is 19.7 Å². The molecule has 2 rings (SSSR count). The SMILES string of the molecule is CN(C)c1cccc2c(S(=O)(=O)NCCCNC(=O)CON)cccc12. The molecule has 9 heteroatoms. The Morgan fingerprint density at radius 1 is 1.12 bits per heavy atom. The Morgan fingerprint density at radius 2 is 1.81 bits per heavy atom. The maximum atomic E-state index is 12.7. The molecule has 0 aliphatic rings. The van der Waals surface area contributed by atoms with Gasteiger partial charge in [-0.15, -0.1) is 0 Å². The molecule has 0 atom stereocenters. The van der Waals surface area contributed by atoms with Crippen molar-refractivity contribution in [3.63, 3.8) is 0 Å². The molecule has 0 saturated heterocycles. The van der Waals surface area contributed by atoms with Gasteiger partial charge in [0, 0.05) is 43.6 Å². The highest BCUT2D eigenvalue weighted by molar-refractivity contribution is 7.89. The third-order valence-corrected chi connectivity index (χ3v) is 5.33. The number of sulfonamides is 1. The molecule has 0 fully saturated rings. The average Bonchev–Trinajstić information content (AvgIpc) is 2.60. The molecule has 0 aliphatic heterocycles. The number of nitrogens with one attached hydrogen (secondary N) is 2. The van der Waals surface area contributed by atoms with Crippen LogP contribution in [0.5, 0.6) is 0 Å². The first-order chi connectivity index (χ1) is 12.4. The van der Waals surface area contributed by atoms with Gasteiger partial charge in [-0.25, -0.2) is 19.0 Å². The van der Waals surface area contributed by atoms with Crippen molar-refractivity contribution in [3.05, 3.63) is 36.4 Å². The van der Waals surface area contributed by atoms with E-state index in [1.807, 2.05) is 37.2 Å². The van der Waals surface area contributed by atoms with Crippen LogP contribution < -0.4 is 20.8 Å². The third-order valence-electron chi connectivity index (χ3n) is 3.81. The normalized spacial score (nSPS) is 11.5. The zero-order chi connectivity index (χ0) is 19.2. The van der Waals surface area contributed by atoms with Gasteiger partial charge in [-0.3, -0.25) is 9.63 Å². The van der Waals surface area contributed by atoms with Gasteiger partial charge >= 0.3 is 0 Å². The minimum Gasteiger partial charge on any atom is -0.377 e. The molecule has 1 amide bonds. The monoisotopic (exact) mass is 380 g/mol. The first-order valence-corrected chi connectivity index (χ1v) is 9.62. The number of fused-ring (bicyclic) bond motifs is 1. The lowest BCUT2D eigenvalue weighted by atomic mass is 10.1. The molecule has 0 aromatic heterocycles. The van der Waals surface area contributed by atoms with Gasteiger partial charge in [-0.2, -0.15) is 0 Å². The topological polar surface area (TPSA) is 114 Å². The lowest BCUT2D eigenvalue weighted by Crippen LogP contribution is -2.32. The van der Waals surface area contributed by atoms with Gasteiger partial charge in [0.15, 0.2) is 0 Å². The number of anilines is 1. The molecule has 0 bridgehead atoms. The minimum atomic E-state index is -3.67. The van der Waals surface area contributed by atoms with E-state index in [0.717, 1.165) is 11.1 Å². The van der Waals surface area contributed by atoms with E-state index in [1.54, 1.807) is 18.2 Å². The van der Waals surface area contributed by atoms with Gasteiger partial charge in [0.2, 0.25) is 15.9 Å². The van der Waals surface area contributed by atoms with Gasteiger partial charge in [-0.1, -0.05) is 24.3 Å². The van der Waals surface area contributed by atoms with Crippen molar-refractivity contribution in [1.82, 2.24) is 10.0 Å². The predicted molar refractivity (Wildman–Crippen MR) is 101 cm³/mol. The van der Waals surface area contributed by atoms with E-state index in [2.05, 4.69) is 14.9 Å². The van der Waals surface area contributed by atoms with E-state index in [4.69, 9.17) is 5.90 Å². The fourth-order valence-corrected chi connectivity index (χ4v) is 3.91. The molecule has 2 aromatic carbocycles. The summed E-state index contributed by atoms with van der Waals surface area (Å²) in [4.78, 5) is 17.6. The summed E-state index contributed by atoms with van der Waals surface area (Å²) < 4.78 is 27.9. The van der Waals surface area contributed by atoms with E-state index < -0.39 is 10.0 Å². The van der Waals surface area contributed by atoms with Crippen LogP contribution in [0.2, 0.25) is 0 Å². The van der Waals surface area contributed by atoms with Crippen LogP contribution in [0.1, 0.15) is 6.42 Å². The van der Waals surface area contributed by atoms with Crippen LogP contribution in [0.3, 0.4) is 0 Å². The number of nitrogens with zero attached hydrogens (tertiary/aromatic N) is 1. The van der Waals surface area contributed by atoms with E-state index in [0.29, 0.717) is 18.4 Å². The molecular formula is C17H24N4O4S. The number of carbonyl (C=O) groups is 1. The second-order valence-corrected chi connectivity index (χ2v) is 7.67. The second kappa shape index (κ2) is 8.95. The largest absolute Gasteiger partial charge is 0.377 e. The summed E-state index contributed by atoms with van der Waals surface area (Å²) in [5.74, 6) is 4.45. The fourth-order valence-electron chi connectivity index (χ4n) is 2.62. The third kappa shape index (κ3) is 4.92. The van der Waals surface area contributed by atoms with E-state index in [9.17, 15) is 13.2 Å². The summed E-state index contributed by atoms with van der Waals surface area (Å²) in [6.45, 7) is 0.302.